The van der Waals surface area contributed by atoms with Gasteiger partial charge in [0.05, 0.1) is 5.69 Å². The van der Waals surface area contributed by atoms with Gasteiger partial charge in [0.1, 0.15) is 5.82 Å². The first-order valence-corrected chi connectivity index (χ1v) is 12.6. The third-order valence-electron chi connectivity index (χ3n) is 7.26. The predicted molar refractivity (Wildman–Crippen MR) is 145 cm³/mol. The highest BCUT2D eigenvalue weighted by Gasteiger charge is 2.27. The van der Waals surface area contributed by atoms with Gasteiger partial charge >= 0.3 is 0 Å². The maximum Gasteiger partial charge on any atom is 0.160 e. The van der Waals surface area contributed by atoms with Crippen LogP contribution in [0.4, 0.5) is 4.39 Å². The zero-order valence-corrected chi connectivity index (χ0v) is 21.0. The predicted octanol–water partition coefficient (Wildman–Crippen LogP) is 8.43. The van der Waals surface area contributed by atoms with Gasteiger partial charge < -0.3 is 0 Å². The number of benzene rings is 2. The van der Waals surface area contributed by atoms with E-state index in [0.717, 1.165) is 34.1 Å². The molecule has 0 radical (unpaired) electrons. The van der Waals surface area contributed by atoms with Gasteiger partial charge in [0, 0.05) is 45.7 Å². The minimum Gasteiger partial charge on any atom is -0.263 e. The average Bonchev–Trinajstić information content (AvgIpc) is 2.89. The molecule has 178 valence electrons. The Morgan fingerprint density at radius 3 is 2.64 bits per heavy atom. The monoisotopic (exact) mass is 493 g/mol. The van der Waals surface area contributed by atoms with Crippen LogP contribution in [-0.2, 0) is 11.8 Å². The second kappa shape index (κ2) is 8.79. The Labute approximate surface area is 215 Å². The standard InChI is InChI=1S/C31H25ClFN3/c1-31(2)11-3-5-19-7-8-20(14-27(19)31)21-13-22(18-34-17-21)25-16-29(26-15-23(32)9-10-28(26)33)36-30-24(25)6-4-12-35-30/h4,6-10,12-18H,3,5,11H2,1-2H3. The molecule has 3 heterocycles. The lowest BCUT2D eigenvalue weighted by Crippen LogP contribution is -2.23. The summed E-state index contributed by atoms with van der Waals surface area (Å²) in [5.41, 5.74) is 8.42. The van der Waals surface area contributed by atoms with Crippen LogP contribution in [-0.4, -0.2) is 15.0 Å². The maximum absolute atomic E-state index is 14.7. The summed E-state index contributed by atoms with van der Waals surface area (Å²) < 4.78 is 14.7. The van der Waals surface area contributed by atoms with Gasteiger partial charge in [-0.3, -0.25) is 4.98 Å². The van der Waals surface area contributed by atoms with Crippen molar-refractivity contribution >= 4 is 22.6 Å². The Kier molecular flexibility index (Phi) is 5.57. The molecular weight excluding hydrogens is 469 g/mol. The summed E-state index contributed by atoms with van der Waals surface area (Å²) in [6.07, 6.45) is 9.00. The summed E-state index contributed by atoms with van der Waals surface area (Å²) in [6.45, 7) is 4.66. The summed E-state index contributed by atoms with van der Waals surface area (Å²) in [7, 11) is 0. The van der Waals surface area contributed by atoms with Crippen LogP contribution in [0.3, 0.4) is 0 Å². The van der Waals surface area contributed by atoms with Crippen LogP contribution in [0.1, 0.15) is 37.8 Å². The molecule has 0 unspecified atom stereocenters. The van der Waals surface area contributed by atoms with Crippen molar-refractivity contribution < 1.29 is 4.39 Å². The Bertz CT molecular complexity index is 1630. The highest BCUT2D eigenvalue weighted by molar-refractivity contribution is 6.30. The summed E-state index contributed by atoms with van der Waals surface area (Å²) in [6, 6.07) is 19.2. The van der Waals surface area contributed by atoms with Gasteiger partial charge in [-0.2, -0.15) is 0 Å². The molecule has 1 aliphatic rings. The van der Waals surface area contributed by atoms with E-state index < -0.39 is 0 Å². The minimum absolute atomic E-state index is 0.164. The maximum atomic E-state index is 14.7. The first-order valence-electron chi connectivity index (χ1n) is 12.2. The third kappa shape index (κ3) is 4.06. The van der Waals surface area contributed by atoms with E-state index in [9.17, 15) is 4.39 Å². The number of aromatic nitrogens is 3. The fourth-order valence-corrected chi connectivity index (χ4v) is 5.50. The molecule has 0 N–H and O–H groups in total. The number of aryl methyl sites for hydroxylation is 1. The molecule has 5 aromatic rings. The normalized spacial score (nSPS) is 14.6. The SMILES string of the molecule is CC1(C)CCCc2ccc(-c3cncc(-c4cc(-c5cc(Cl)ccc5F)nc5ncccc45)c3)cc21. The number of nitrogens with zero attached hydrogens (tertiary/aromatic N) is 3. The smallest absolute Gasteiger partial charge is 0.160 e. The van der Waals surface area contributed by atoms with Crippen LogP contribution in [0, 0.1) is 5.82 Å². The van der Waals surface area contributed by atoms with Crippen molar-refractivity contribution in [2.75, 3.05) is 0 Å². The summed E-state index contributed by atoms with van der Waals surface area (Å²) in [5, 5.41) is 1.34. The van der Waals surface area contributed by atoms with Crippen molar-refractivity contribution in [2.45, 2.75) is 38.5 Å². The number of hydrogen-bond acceptors (Lipinski definition) is 3. The second-order valence-corrected chi connectivity index (χ2v) is 10.6. The van der Waals surface area contributed by atoms with Crippen LogP contribution in [0.5, 0.6) is 0 Å². The van der Waals surface area contributed by atoms with Gasteiger partial charge in [-0.05, 0) is 89.4 Å². The molecule has 0 saturated heterocycles. The van der Waals surface area contributed by atoms with Gasteiger partial charge in [-0.25, -0.2) is 14.4 Å². The average molecular weight is 494 g/mol. The van der Waals surface area contributed by atoms with E-state index in [4.69, 9.17) is 11.6 Å². The van der Waals surface area contributed by atoms with Gasteiger partial charge in [-0.15, -0.1) is 0 Å². The largest absolute Gasteiger partial charge is 0.263 e. The first-order chi connectivity index (χ1) is 17.4. The van der Waals surface area contributed by atoms with Crippen molar-refractivity contribution in [3.63, 3.8) is 0 Å². The van der Waals surface area contributed by atoms with Gasteiger partial charge in [0.25, 0.3) is 0 Å². The molecule has 0 fully saturated rings. The van der Waals surface area contributed by atoms with Crippen molar-refractivity contribution in [2.24, 2.45) is 0 Å². The Morgan fingerprint density at radius 2 is 1.75 bits per heavy atom. The lowest BCUT2D eigenvalue weighted by molar-refractivity contribution is 0.432. The van der Waals surface area contributed by atoms with Crippen molar-refractivity contribution in [3.05, 3.63) is 101 Å². The summed E-state index contributed by atoms with van der Waals surface area (Å²) in [4.78, 5) is 13.7. The quantitative estimate of drug-likeness (QED) is 0.253. The lowest BCUT2D eigenvalue weighted by Gasteiger charge is -2.33. The molecule has 3 nitrogen and oxygen atoms in total. The van der Waals surface area contributed by atoms with Crippen molar-refractivity contribution in [1.29, 1.82) is 0 Å². The molecule has 0 saturated carbocycles. The molecule has 2 aromatic carbocycles. The molecule has 5 heteroatoms. The van der Waals surface area contributed by atoms with Crippen LogP contribution in [0.25, 0.3) is 44.5 Å². The Hall–Kier alpha value is -3.63. The van der Waals surface area contributed by atoms with E-state index in [1.54, 1.807) is 12.3 Å². The fraction of sp³-hybridized carbons (Fsp3) is 0.194. The zero-order valence-electron chi connectivity index (χ0n) is 20.2. The van der Waals surface area contributed by atoms with Crippen LogP contribution in [0.2, 0.25) is 5.02 Å². The molecule has 36 heavy (non-hydrogen) atoms. The third-order valence-corrected chi connectivity index (χ3v) is 7.49. The molecule has 3 aromatic heterocycles. The molecule has 0 aliphatic heterocycles. The van der Waals surface area contributed by atoms with E-state index in [-0.39, 0.29) is 11.2 Å². The van der Waals surface area contributed by atoms with E-state index >= 15 is 0 Å². The number of pyridine rings is 3. The van der Waals surface area contributed by atoms with Crippen molar-refractivity contribution in [3.8, 4) is 33.5 Å². The highest BCUT2D eigenvalue weighted by Crippen LogP contribution is 2.40. The minimum atomic E-state index is -0.378. The Morgan fingerprint density at radius 1 is 0.889 bits per heavy atom. The van der Waals surface area contributed by atoms with Crippen LogP contribution < -0.4 is 0 Å². The highest BCUT2D eigenvalue weighted by atomic mass is 35.5. The van der Waals surface area contributed by atoms with Gasteiger partial charge in [0.15, 0.2) is 5.65 Å². The van der Waals surface area contributed by atoms with Crippen LogP contribution >= 0.6 is 11.6 Å². The van der Waals surface area contributed by atoms with E-state index in [2.05, 4.69) is 53.1 Å². The molecule has 0 bridgehead atoms. The number of hydrogen-bond donors (Lipinski definition) is 0. The number of halogens is 2. The Balaban J connectivity index is 1.51. The van der Waals surface area contributed by atoms with E-state index in [0.29, 0.717) is 21.9 Å². The van der Waals surface area contributed by atoms with E-state index in [1.807, 2.05) is 30.6 Å². The topological polar surface area (TPSA) is 38.7 Å². The number of fused-ring (bicyclic) bond motifs is 2. The van der Waals surface area contributed by atoms with Gasteiger partial charge in [-0.1, -0.05) is 43.6 Å². The molecule has 0 spiro atoms. The molecular formula is C31H25ClFN3. The first kappa shape index (κ1) is 22.8. The summed E-state index contributed by atoms with van der Waals surface area (Å²) >= 11 is 6.18. The van der Waals surface area contributed by atoms with Gasteiger partial charge in [0.2, 0.25) is 0 Å². The van der Waals surface area contributed by atoms with Crippen molar-refractivity contribution in [1.82, 2.24) is 15.0 Å². The lowest BCUT2D eigenvalue weighted by atomic mass is 9.72. The van der Waals surface area contributed by atoms with Crippen LogP contribution in [0.15, 0.2) is 79.3 Å². The number of rotatable bonds is 3. The second-order valence-electron chi connectivity index (χ2n) is 10.1. The molecule has 6 rings (SSSR count). The summed E-state index contributed by atoms with van der Waals surface area (Å²) in [5.74, 6) is -0.378. The fourth-order valence-electron chi connectivity index (χ4n) is 5.33. The zero-order chi connectivity index (χ0) is 24.9. The molecule has 1 aliphatic carbocycles. The van der Waals surface area contributed by atoms with E-state index in [1.165, 1.54) is 36.1 Å². The molecule has 0 amide bonds. The molecule has 0 atom stereocenters.